The molecular weight excluding hydrogens is 392 g/mol. The second-order valence-corrected chi connectivity index (χ2v) is 10.9. The van der Waals surface area contributed by atoms with Crippen molar-refractivity contribution in [2.45, 2.75) is 111 Å². The van der Waals surface area contributed by atoms with E-state index in [0.29, 0.717) is 5.92 Å². The van der Waals surface area contributed by atoms with Gasteiger partial charge in [0.1, 0.15) is 6.10 Å². The van der Waals surface area contributed by atoms with Gasteiger partial charge in [0.2, 0.25) is 0 Å². The number of aliphatic hydroxyl groups excluding tert-OH is 1. The van der Waals surface area contributed by atoms with Crippen molar-refractivity contribution >= 4 is 6.09 Å². The molecular formula is C25H46N2O4. The van der Waals surface area contributed by atoms with Crippen molar-refractivity contribution in [2.75, 3.05) is 13.1 Å². The molecule has 10 atom stereocenters. The van der Waals surface area contributed by atoms with Gasteiger partial charge in [-0.3, -0.25) is 0 Å². The molecule has 31 heavy (non-hydrogen) atoms. The first-order chi connectivity index (χ1) is 14.6. The van der Waals surface area contributed by atoms with Crippen LogP contribution in [0.5, 0.6) is 0 Å². The van der Waals surface area contributed by atoms with E-state index in [0.717, 1.165) is 45.2 Å². The number of ether oxygens (including phenoxy) is 2. The van der Waals surface area contributed by atoms with Gasteiger partial charge in [-0.15, -0.1) is 0 Å². The fourth-order valence-electron chi connectivity index (χ4n) is 6.76. The molecule has 2 aliphatic heterocycles. The van der Waals surface area contributed by atoms with Crippen molar-refractivity contribution in [3.63, 3.8) is 0 Å². The summed E-state index contributed by atoms with van der Waals surface area (Å²) in [6, 6.07) is 0. The normalized spacial score (nSPS) is 43.0. The SMILES string of the molecule is CCC(C)C(OC(=O)N1CCC1)C1CC(C)C2C(O1)C(O)C(N)(C(C)CC)C2(C)CC. The number of amides is 1. The van der Waals surface area contributed by atoms with Crippen LogP contribution < -0.4 is 5.73 Å². The average Bonchev–Trinajstić information content (AvgIpc) is 2.89. The van der Waals surface area contributed by atoms with E-state index in [1.54, 1.807) is 4.90 Å². The van der Waals surface area contributed by atoms with Crippen LogP contribution in [0.2, 0.25) is 0 Å². The van der Waals surface area contributed by atoms with Gasteiger partial charge in [-0.2, -0.15) is 0 Å². The molecule has 3 fully saturated rings. The number of nitrogens with two attached hydrogens (primary N) is 1. The molecule has 3 N–H and O–H groups in total. The molecule has 6 heteroatoms. The van der Waals surface area contributed by atoms with Crippen LogP contribution in [0.15, 0.2) is 0 Å². The minimum atomic E-state index is -0.730. The number of aliphatic hydroxyl groups is 1. The molecule has 1 amide bonds. The Morgan fingerprint density at radius 1 is 1.26 bits per heavy atom. The number of nitrogens with zero attached hydrogens (tertiary/aromatic N) is 1. The zero-order chi connectivity index (χ0) is 23.1. The summed E-state index contributed by atoms with van der Waals surface area (Å²) in [5.74, 6) is 0.882. The summed E-state index contributed by atoms with van der Waals surface area (Å²) in [6.45, 7) is 16.8. The Bertz CT molecular complexity index is 641. The van der Waals surface area contributed by atoms with E-state index in [9.17, 15) is 9.90 Å². The highest BCUT2D eigenvalue weighted by molar-refractivity contribution is 5.68. The Balaban J connectivity index is 1.88. The van der Waals surface area contributed by atoms with Crippen LogP contribution in [0.1, 0.15) is 80.6 Å². The fourth-order valence-corrected chi connectivity index (χ4v) is 6.76. The van der Waals surface area contributed by atoms with E-state index in [1.165, 1.54) is 0 Å². The summed E-state index contributed by atoms with van der Waals surface area (Å²) in [5, 5.41) is 11.6. The van der Waals surface area contributed by atoms with Crippen molar-refractivity contribution in [3.8, 4) is 0 Å². The van der Waals surface area contributed by atoms with Crippen molar-refractivity contribution in [1.82, 2.24) is 4.90 Å². The quantitative estimate of drug-likeness (QED) is 0.623. The average molecular weight is 439 g/mol. The monoisotopic (exact) mass is 438 g/mol. The molecule has 180 valence electrons. The number of likely N-dealkylation sites (tertiary alicyclic amines) is 1. The summed E-state index contributed by atoms with van der Waals surface area (Å²) in [6.07, 6.45) is 2.79. The lowest BCUT2D eigenvalue weighted by molar-refractivity contribution is -0.181. The van der Waals surface area contributed by atoms with Crippen LogP contribution >= 0.6 is 0 Å². The summed E-state index contributed by atoms with van der Waals surface area (Å²) in [7, 11) is 0. The number of hydrogen-bond donors (Lipinski definition) is 2. The number of carbonyl (C=O) groups excluding carboxylic acids is 1. The second kappa shape index (κ2) is 9.18. The number of hydrogen-bond acceptors (Lipinski definition) is 5. The first kappa shape index (κ1) is 24.8. The van der Waals surface area contributed by atoms with Crippen molar-refractivity contribution in [3.05, 3.63) is 0 Å². The number of rotatable bonds is 7. The topological polar surface area (TPSA) is 85.0 Å². The van der Waals surface area contributed by atoms with E-state index < -0.39 is 11.6 Å². The van der Waals surface area contributed by atoms with E-state index in [4.69, 9.17) is 15.2 Å². The molecule has 0 spiro atoms. The van der Waals surface area contributed by atoms with Crippen LogP contribution in [-0.2, 0) is 9.47 Å². The molecule has 0 aromatic heterocycles. The summed E-state index contributed by atoms with van der Waals surface area (Å²) in [4.78, 5) is 14.4. The van der Waals surface area contributed by atoms with Crippen LogP contribution in [0.25, 0.3) is 0 Å². The van der Waals surface area contributed by atoms with Crippen molar-refractivity contribution in [1.29, 1.82) is 0 Å². The Morgan fingerprint density at radius 3 is 2.39 bits per heavy atom. The van der Waals surface area contributed by atoms with Gasteiger partial charge in [-0.05, 0) is 54.8 Å². The molecule has 3 aliphatic rings. The summed E-state index contributed by atoms with van der Waals surface area (Å²) < 4.78 is 12.7. The van der Waals surface area contributed by atoms with Gasteiger partial charge < -0.3 is 25.2 Å². The molecule has 2 heterocycles. The maximum Gasteiger partial charge on any atom is 0.410 e. The minimum absolute atomic E-state index is 0.182. The minimum Gasteiger partial charge on any atom is -0.443 e. The predicted molar refractivity (Wildman–Crippen MR) is 123 cm³/mol. The molecule has 6 nitrogen and oxygen atoms in total. The second-order valence-electron chi connectivity index (χ2n) is 10.9. The third kappa shape index (κ3) is 3.80. The molecule has 0 aromatic rings. The smallest absolute Gasteiger partial charge is 0.410 e. The first-order valence-electron chi connectivity index (χ1n) is 12.6. The molecule has 1 saturated carbocycles. The van der Waals surface area contributed by atoms with Gasteiger partial charge in [-0.25, -0.2) is 4.79 Å². The highest BCUT2D eigenvalue weighted by Crippen LogP contribution is 2.60. The third-order valence-electron chi connectivity index (χ3n) is 9.51. The lowest BCUT2D eigenvalue weighted by Crippen LogP contribution is -2.62. The summed E-state index contributed by atoms with van der Waals surface area (Å²) >= 11 is 0. The molecule has 3 rings (SSSR count). The highest BCUT2D eigenvalue weighted by Gasteiger charge is 2.68. The van der Waals surface area contributed by atoms with E-state index in [2.05, 4.69) is 48.5 Å². The lowest BCUT2D eigenvalue weighted by Gasteiger charge is -2.50. The molecule has 0 aromatic carbocycles. The van der Waals surface area contributed by atoms with E-state index in [-0.39, 0.29) is 47.6 Å². The molecule has 0 bridgehead atoms. The standard InChI is InChI=1S/C25H46N2O4/c1-8-15(4)20(31-23(29)27-12-11-13-27)18-14-16(5)19-21(30-18)22(28)25(26,17(6)9-2)24(19,7)10-3/h15-22,28H,8-14,26H2,1-7H3. The maximum atomic E-state index is 12.6. The third-order valence-corrected chi connectivity index (χ3v) is 9.51. The van der Waals surface area contributed by atoms with Crippen LogP contribution in [0.3, 0.4) is 0 Å². The number of fused-ring (bicyclic) bond motifs is 1. The maximum absolute atomic E-state index is 12.6. The molecule has 1 aliphatic carbocycles. The van der Waals surface area contributed by atoms with Crippen molar-refractivity contribution < 1.29 is 19.4 Å². The van der Waals surface area contributed by atoms with Gasteiger partial charge in [0.25, 0.3) is 0 Å². The zero-order valence-electron chi connectivity index (χ0n) is 20.8. The molecule has 10 unspecified atom stereocenters. The Labute approximate surface area is 189 Å². The Morgan fingerprint density at radius 2 is 1.90 bits per heavy atom. The Hall–Kier alpha value is -0.850. The summed E-state index contributed by atoms with van der Waals surface area (Å²) in [5.41, 5.74) is 6.19. The van der Waals surface area contributed by atoms with Gasteiger partial charge in [0.15, 0.2) is 0 Å². The number of carbonyl (C=O) groups is 1. The van der Waals surface area contributed by atoms with Crippen LogP contribution in [0.4, 0.5) is 4.79 Å². The van der Waals surface area contributed by atoms with E-state index >= 15 is 0 Å². The predicted octanol–water partition coefficient (Wildman–Crippen LogP) is 4.19. The van der Waals surface area contributed by atoms with Gasteiger partial charge in [0.05, 0.1) is 23.9 Å². The lowest BCUT2D eigenvalue weighted by atomic mass is 9.59. The first-order valence-corrected chi connectivity index (χ1v) is 12.6. The molecule has 2 saturated heterocycles. The Kier molecular flexibility index (Phi) is 7.34. The molecule has 0 radical (unpaired) electrons. The fraction of sp³-hybridized carbons (Fsp3) is 0.960. The largest absolute Gasteiger partial charge is 0.443 e. The van der Waals surface area contributed by atoms with E-state index in [1.807, 2.05) is 0 Å². The van der Waals surface area contributed by atoms with Crippen molar-refractivity contribution in [2.24, 2.45) is 34.8 Å². The van der Waals surface area contributed by atoms with Gasteiger partial charge >= 0.3 is 6.09 Å². The van der Waals surface area contributed by atoms with Gasteiger partial charge in [0, 0.05) is 13.1 Å². The van der Waals surface area contributed by atoms with Crippen LogP contribution in [-0.4, -0.2) is 59.1 Å². The van der Waals surface area contributed by atoms with Gasteiger partial charge in [-0.1, -0.05) is 54.9 Å². The highest BCUT2D eigenvalue weighted by atomic mass is 16.6. The zero-order valence-corrected chi connectivity index (χ0v) is 20.8. The van der Waals surface area contributed by atoms with Crippen LogP contribution in [0, 0.1) is 29.1 Å².